The number of hydrogen-bond donors (Lipinski definition) is 1. The van der Waals surface area contributed by atoms with Crippen LogP contribution < -0.4 is 10.5 Å². The Labute approximate surface area is 91.8 Å². The minimum absolute atomic E-state index is 0.225. The van der Waals surface area contributed by atoms with Crippen molar-refractivity contribution in [2.75, 3.05) is 13.7 Å². The second-order valence-corrected chi connectivity index (χ2v) is 4.01. The van der Waals surface area contributed by atoms with Crippen molar-refractivity contribution in [3.8, 4) is 5.75 Å². The van der Waals surface area contributed by atoms with Crippen molar-refractivity contribution >= 4 is 0 Å². The number of hydrogen-bond acceptors (Lipinski definition) is 3. The summed E-state index contributed by atoms with van der Waals surface area (Å²) in [6.45, 7) is 5.49. The van der Waals surface area contributed by atoms with Crippen LogP contribution in [0.4, 0.5) is 0 Å². The predicted molar refractivity (Wildman–Crippen MR) is 62.7 cm³/mol. The Bertz CT molecular complexity index is 282. The highest BCUT2D eigenvalue weighted by Crippen LogP contribution is 2.14. The maximum atomic E-state index is 5.56. The van der Waals surface area contributed by atoms with Gasteiger partial charge in [0.15, 0.2) is 0 Å². The van der Waals surface area contributed by atoms with Gasteiger partial charge in [0.05, 0.1) is 6.10 Å². The topological polar surface area (TPSA) is 38.5 Å². The van der Waals surface area contributed by atoms with Crippen LogP contribution in [-0.4, -0.2) is 24.7 Å². The van der Waals surface area contributed by atoms with Crippen LogP contribution in [0.25, 0.3) is 0 Å². The van der Waals surface area contributed by atoms with E-state index in [1.54, 1.807) is 0 Å². The third kappa shape index (κ3) is 4.32. The maximum Gasteiger partial charge on any atom is 0.119 e. The Morgan fingerprint density at radius 2 is 1.87 bits per heavy atom. The molecule has 0 aliphatic heterocycles. The molecule has 15 heavy (non-hydrogen) atoms. The smallest absolute Gasteiger partial charge is 0.119 e. The predicted octanol–water partition coefficient (Wildman–Crippen LogP) is 1.82. The van der Waals surface area contributed by atoms with E-state index >= 15 is 0 Å². The summed E-state index contributed by atoms with van der Waals surface area (Å²) in [5, 5.41) is 0. The number of benzene rings is 1. The van der Waals surface area contributed by atoms with Crippen LogP contribution in [0.3, 0.4) is 0 Å². The molecule has 84 valence electrons. The first-order valence-electron chi connectivity index (χ1n) is 5.26. The second-order valence-electron chi connectivity index (χ2n) is 4.01. The summed E-state index contributed by atoms with van der Waals surface area (Å²) >= 11 is 0. The molecule has 0 fully saturated rings. The van der Waals surface area contributed by atoms with Gasteiger partial charge in [-0.05, 0) is 38.6 Å². The molecule has 0 radical (unpaired) electrons. The molecule has 1 aromatic rings. The molecular weight excluding hydrogens is 188 g/mol. The van der Waals surface area contributed by atoms with Gasteiger partial charge in [-0.15, -0.1) is 0 Å². The van der Waals surface area contributed by atoms with Crippen molar-refractivity contribution in [1.82, 2.24) is 4.90 Å². The molecule has 2 N–H and O–H groups in total. The average Bonchev–Trinajstić information content (AvgIpc) is 2.20. The Kier molecular flexibility index (Phi) is 4.59. The molecule has 0 aliphatic carbocycles. The van der Waals surface area contributed by atoms with Crippen LogP contribution in [0.2, 0.25) is 0 Å². The second kappa shape index (κ2) is 5.73. The van der Waals surface area contributed by atoms with E-state index in [0.717, 1.165) is 12.3 Å². The Morgan fingerprint density at radius 3 is 2.33 bits per heavy atom. The molecule has 0 unspecified atom stereocenters. The van der Waals surface area contributed by atoms with E-state index in [1.807, 2.05) is 33.0 Å². The Hall–Kier alpha value is -1.06. The molecule has 0 saturated heterocycles. The molecule has 1 aromatic carbocycles. The highest BCUT2D eigenvalue weighted by molar-refractivity contribution is 5.27. The molecule has 0 aliphatic rings. The van der Waals surface area contributed by atoms with Crippen LogP contribution in [0.1, 0.15) is 19.4 Å². The zero-order valence-electron chi connectivity index (χ0n) is 9.73. The third-order valence-electron chi connectivity index (χ3n) is 2.06. The fraction of sp³-hybridized carbons (Fsp3) is 0.500. The fourth-order valence-electron chi connectivity index (χ4n) is 1.32. The van der Waals surface area contributed by atoms with E-state index < -0.39 is 0 Å². The molecule has 0 atom stereocenters. The van der Waals surface area contributed by atoms with Gasteiger partial charge in [0.2, 0.25) is 0 Å². The molecule has 0 aromatic heterocycles. The summed E-state index contributed by atoms with van der Waals surface area (Å²) in [6.07, 6.45) is 0.225. The molecule has 0 spiro atoms. The van der Waals surface area contributed by atoms with E-state index in [0.29, 0.717) is 6.67 Å². The molecule has 0 saturated carbocycles. The maximum absolute atomic E-state index is 5.56. The van der Waals surface area contributed by atoms with E-state index in [2.05, 4.69) is 17.0 Å². The van der Waals surface area contributed by atoms with E-state index in [9.17, 15) is 0 Å². The largest absolute Gasteiger partial charge is 0.491 e. The standard InChI is InChI=1S/C12H20N2O/c1-10(2)15-12-6-4-11(5-7-12)8-14(3)9-13/h4-7,10H,8-9,13H2,1-3H3. The molecular formula is C12H20N2O. The fourth-order valence-corrected chi connectivity index (χ4v) is 1.32. The number of nitrogens with two attached hydrogens (primary N) is 1. The van der Waals surface area contributed by atoms with Crippen LogP contribution in [0.5, 0.6) is 5.75 Å². The number of rotatable bonds is 5. The minimum atomic E-state index is 0.225. The lowest BCUT2D eigenvalue weighted by Crippen LogP contribution is -2.24. The van der Waals surface area contributed by atoms with Crippen molar-refractivity contribution in [3.63, 3.8) is 0 Å². The van der Waals surface area contributed by atoms with Gasteiger partial charge in [-0.25, -0.2) is 0 Å². The van der Waals surface area contributed by atoms with Crippen LogP contribution in [0, 0.1) is 0 Å². The molecule has 3 heteroatoms. The zero-order valence-corrected chi connectivity index (χ0v) is 9.73. The van der Waals surface area contributed by atoms with Crippen molar-refractivity contribution in [3.05, 3.63) is 29.8 Å². The van der Waals surface area contributed by atoms with Gasteiger partial charge in [-0.3, -0.25) is 4.90 Å². The molecule has 0 amide bonds. The van der Waals surface area contributed by atoms with E-state index in [-0.39, 0.29) is 6.10 Å². The molecule has 0 bridgehead atoms. The van der Waals surface area contributed by atoms with Gasteiger partial charge < -0.3 is 10.5 Å². The van der Waals surface area contributed by atoms with Gasteiger partial charge in [0.1, 0.15) is 5.75 Å². The van der Waals surface area contributed by atoms with Gasteiger partial charge in [0, 0.05) is 13.2 Å². The summed E-state index contributed by atoms with van der Waals surface area (Å²) in [5.74, 6) is 0.921. The highest BCUT2D eigenvalue weighted by Gasteiger charge is 2.00. The third-order valence-corrected chi connectivity index (χ3v) is 2.06. The summed E-state index contributed by atoms with van der Waals surface area (Å²) in [4.78, 5) is 2.05. The monoisotopic (exact) mass is 208 g/mol. The first-order valence-corrected chi connectivity index (χ1v) is 5.26. The summed E-state index contributed by atoms with van der Waals surface area (Å²) < 4.78 is 5.56. The van der Waals surface area contributed by atoms with Crippen LogP contribution in [-0.2, 0) is 6.54 Å². The Balaban J connectivity index is 2.56. The zero-order chi connectivity index (χ0) is 11.3. The lowest BCUT2D eigenvalue weighted by molar-refractivity contribution is 0.242. The normalized spacial score (nSPS) is 11.1. The highest BCUT2D eigenvalue weighted by atomic mass is 16.5. The van der Waals surface area contributed by atoms with Crippen molar-refractivity contribution < 1.29 is 4.74 Å². The molecule has 3 nitrogen and oxygen atoms in total. The number of ether oxygens (including phenoxy) is 1. The van der Waals surface area contributed by atoms with Crippen LogP contribution in [0.15, 0.2) is 24.3 Å². The van der Waals surface area contributed by atoms with E-state index in [4.69, 9.17) is 10.5 Å². The first kappa shape index (κ1) is 12.0. The van der Waals surface area contributed by atoms with Gasteiger partial charge in [0.25, 0.3) is 0 Å². The van der Waals surface area contributed by atoms with Crippen molar-refractivity contribution in [1.29, 1.82) is 0 Å². The molecule has 1 rings (SSSR count). The number of nitrogens with zero attached hydrogens (tertiary/aromatic N) is 1. The lowest BCUT2D eigenvalue weighted by atomic mass is 10.2. The quantitative estimate of drug-likeness (QED) is 0.750. The first-order chi connectivity index (χ1) is 7.11. The summed E-state index contributed by atoms with van der Waals surface area (Å²) in [6, 6.07) is 8.15. The lowest BCUT2D eigenvalue weighted by Gasteiger charge is -2.14. The summed E-state index contributed by atoms with van der Waals surface area (Å²) in [5.41, 5.74) is 6.77. The van der Waals surface area contributed by atoms with Crippen molar-refractivity contribution in [2.24, 2.45) is 5.73 Å². The van der Waals surface area contributed by atoms with E-state index in [1.165, 1.54) is 5.56 Å². The SMILES string of the molecule is CC(C)Oc1ccc(CN(C)CN)cc1. The Morgan fingerprint density at radius 1 is 1.27 bits per heavy atom. The van der Waals surface area contributed by atoms with Gasteiger partial charge in [-0.1, -0.05) is 12.1 Å². The van der Waals surface area contributed by atoms with Crippen molar-refractivity contribution in [2.45, 2.75) is 26.5 Å². The average molecular weight is 208 g/mol. The summed E-state index contributed by atoms with van der Waals surface area (Å²) in [7, 11) is 2.00. The van der Waals surface area contributed by atoms with Gasteiger partial charge >= 0.3 is 0 Å². The van der Waals surface area contributed by atoms with Crippen LogP contribution >= 0.6 is 0 Å². The molecule has 0 heterocycles. The minimum Gasteiger partial charge on any atom is -0.491 e. The van der Waals surface area contributed by atoms with Gasteiger partial charge in [-0.2, -0.15) is 0 Å².